The lowest BCUT2D eigenvalue weighted by molar-refractivity contribution is -0.146. The molecule has 0 aliphatic carbocycles. The van der Waals surface area contributed by atoms with E-state index < -0.39 is 28.2 Å². The maximum atomic E-state index is 15.0. The van der Waals surface area contributed by atoms with Gasteiger partial charge in [-0.05, 0) is 89.0 Å². The van der Waals surface area contributed by atoms with Gasteiger partial charge in [-0.1, -0.05) is 32.9 Å². The number of hydrogen-bond donors (Lipinski definition) is 1. The number of fused-ring (bicyclic) bond motifs is 1. The molecule has 3 heterocycles. The molecule has 0 radical (unpaired) electrons. The largest absolute Gasteiger partial charge is 0.494 e. The average molecular weight is 654 g/mol. The number of carbonyl (C=O) groups is 3. The van der Waals surface area contributed by atoms with Crippen molar-refractivity contribution >= 4 is 35.2 Å². The van der Waals surface area contributed by atoms with Crippen LogP contribution in [-0.4, -0.2) is 87.1 Å². The number of benzene rings is 1. The number of anilines is 1. The maximum absolute atomic E-state index is 15.0. The summed E-state index contributed by atoms with van der Waals surface area (Å²) in [5, 5.41) is 9.35. The Morgan fingerprint density at radius 3 is 2.33 bits per heavy atom. The van der Waals surface area contributed by atoms with Crippen LogP contribution in [0.2, 0.25) is 0 Å². The second-order valence-electron chi connectivity index (χ2n) is 14.8. The van der Waals surface area contributed by atoms with Crippen molar-refractivity contribution < 1.29 is 24.2 Å². The molecule has 3 fully saturated rings. The molecule has 1 spiro atoms. The van der Waals surface area contributed by atoms with Gasteiger partial charge >= 0.3 is 0 Å². The summed E-state index contributed by atoms with van der Waals surface area (Å²) in [5.41, 5.74) is 0.233. The number of nitrogens with zero attached hydrogens (tertiary/aromatic N) is 3. The van der Waals surface area contributed by atoms with Crippen LogP contribution in [0, 0.1) is 17.3 Å². The molecule has 2 bridgehead atoms. The molecule has 46 heavy (non-hydrogen) atoms. The van der Waals surface area contributed by atoms with E-state index in [0.29, 0.717) is 39.1 Å². The number of unbranched alkanes of at least 4 members (excludes halogenated alkanes) is 2. The Bertz CT molecular complexity index is 1270. The fourth-order valence-corrected chi connectivity index (χ4v) is 10.6. The van der Waals surface area contributed by atoms with E-state index in [9.17, 15) is 19.5 Å². The van der Waals surface area contributed by atoms with Crippen LogP contribution < -0.4 is 9.64 Å². The molecule has 0 aromatic heterocycles. The normalized spacial score (nSPS) is 25.4. The van der Waals surface area contributed by atoms with Crippen LogP contribution in [0.1, 0.15) is 80.1 Å². The zero-order valence-corrected chi connectivity index (χ0v) is 29.6. The fourth-order valence-electron chi connectivity index (χ4n) is 8.35. The van der Waals surface area contributed by atoms with Crippen LogP contribution in [0.5, 0.6) is 5.75 Å². The summed E-state index contributed by atoms with van der Waals surface area (Å²) in [7, 11) is 0. The minimum atomic E-state index is -0.675. The second-order valence-corrected chi connectivity index (χ2v) is 16.4. The highest BCUT2D eigenvalue weighted by Crippen LogP contribution is 2.67. The Balaban J connectivity index is 1.74. The van der Waals surface area contributed by atoms with Gasteiger partial charge in [0.05, 0.1) is 23.2 Å². The first-order valence-corrected chi connectivity index (χ1v) is 17.8. The second kappa shape index (κ2) is 14.5. The predicted molar refractivity (Wildman–Crippen MR) is 187 cm³/mol. The van der Waals surface area contributed by atoms with Gasteiger partial charge in [0, 0.05) is 42.7 Å². The monoisotopic (exact) mass is 653 g/mol. The van der Waals surface area contributed by atoms with Gasteiger partial charge in [-0.25, -0.2) is 0 Å². The number of aliphatic hydroxyl groups is 1. The highest BCUT2D eigenvalue weighted by Gasteiger charge is 2.74. The fraction of sp³-hybridized carbons (Fsp3) is 0.649. The van der Waals surface area contributed by atoms with Crippen LogP contribution in [-0.2, 0) is 14.4 Å². The topological polar surface area (TPSA) is 90.4 Å². The first-order valence-electron chi connectivity index (χ1n) is 16.9. The first kappa shape index (κ1) is 36.1. The van der Waals surface area contributed by atoms with Crippen LogP contribution in [0.4, 0.5) is 5.69 Å². The molecule has 2 unspecified atom stereocenters. The third kappa shape index (κ3) is 7.05. The molecule has 9 heteroatoms. The third-order valence-electron chi connectivity index (χ3n) is 9.68. The molecule has 1 N–H and O–H groups in total. The summed E-state index contributed by atoms with van der Waals surface area (Å²) in [6.07, 6.45) is 7.86. The molecular weight excluding hydrogens is 598 g/mol. The maximum Gasteiger partial charge on any atom is 0.247 e. The molecule has 0 saturated carbocycles. The van der Waals surface area contributed by atoms with Gasteiger partial charge in [0.15, 0.2) is 0 Å². The zero-order chi connectivity index (χ0) is 33.9. The summed E-state index contributed by atoms with van der Waals surface area (Å²) >= 11 is 1.70. The van der Waals surface area contributed by atoms with E-state index in [1.165, 1.54) is 0 Å². The highest BCUT2D eigenvalue weighted by molar-refractivity contribution is 8.02. The van der Waals surface area contributed by atoms with Gasteiger partial charge in [-0.3, -0.25) is 14.4 Å². The Hall–Kier alpha value is -2.78. The molecule has 1 aromatic rings. The Labute approximate surface area is 280 Å². The molecule has 1 aromatic carbocycles. The first-order chi connectivity index (χ1) is 21.8. The smallest absolute Gasteiger partial charge is 0.247 e. The number of ether oxygens (including phenoxy) is 1. The lowest BCUT2D eigenvalue weighted by Gasteiger charge is -2.46. The Morgan fingerprint density at radius 1 is 1.07 bits per heavy atom. The van der Waals surface area contributed by atoms with E-state index in [0.717, 1.165) is 37.1 Å². The predicted octanol–water partition coefficient (Wildman–Crippen LogP) is 6.09. The van der Waals surface area contributed by atoms with Crippen molar-refractivity contribution in [2.45, 2.75) is 102 Å². The standard InChI is InChI=1S/C37H55N3O5S/c1-9-21-38(26-15-17-27(18-16-26)45-11-3)32(42)29-28-19-20-37(46-28)30(29)33(43)39(23-13-12-14-24-41)31(37)34(44)40(22-10-2)36(7,8)25-35(4,5)6/h9-10,15-18,28-31,41H,1-2,11-14,19-25H2,3-8H3/t28-,29+,30-,31?,37?/m0/s1. The Morgan fingerprint density at radius 2 is 1.74 bits per heavy atom. The molecule has 3 aliphatic heterocycles. The molecular formula is C37H55N3O5S. The number of carbonyl (C=O) groups excluding carboxylic acids is 3. The van der Waals surface area contributed by atoms with Gasteiger partial charge in [0.25, 0.3) is 0 Å². The van der Waals surface area contributed by atoms with Gasteiger partial charge in [0.2, 0.25) is 17.7 Å². The molecule has 4 rings (SSSR count). The van der Waals surface area contributed by atoms with Crippen molar-refractivity contribution in [3.63, 3.8) is 0 Å². The molecule has 3 saturated heterocycles. The number of aliphatic hydroxyl groups excluding tert-OH is 1. The van der Waals surface area contributed by atoms with Crippen molar-refractivity contribution in [1.82, 2.24) is 9.80 Å². The van der Waals surface area contributed by atoms with Gasteiger partial charge in [-0.2, -0.15) is 0 Å². The van der Waals surface area contributed by atoms with Crippen LogP contribution in [0.25, 0.3) is 0 Å². The van der Waals surface area contributed by atoms with E-state index in [1.807, 2.05) is 36.1 Å². The number of thioether (sulfide) groups is 1. The van der Waals surface area contributed by atoms with Gasteiger partial charge in [0.1, 0.15) is 11.8 Å². The van der Waals surface area contributed by atoms with E-state index in [2.05, 4.69) is 47.8 Å². The van der Waals surface area contributed by atoms with E-state index in [1.54, 1.807) is 33.7 Å². The molecule has 3 amide bonds. The minimum absolute atomic E-state index is 0.0208. The van der Waals surface area contributed by atoms with Crippen molar-refractivity contribution in [1.29, 1.82) is 0 Å². The minimum Gasteiger partial charge on any atom is -0.494 e. The zero-order valence-electron chi connectivity index (χ0n) is 28.8. The summed E-state index contributed by atoms with van der Waals surface area (Å²) in [4.78, 5) is 49.6. The van der Waals surface area contributed by atoms with E-state index in [4.69, 9.17) is 4.74 Å². The molecule has 3 aliphatic rings. The van der Waals surface area contributed by atoms with E-state index in [-0.39, 0.29) is 35.0 Å². The third-order valence-corrected chi connectivity index (χ3v) is 11.6. The van der Waals surface area contributed by atoms with Gasteiger partial charge < -0.3 is 24.5 Å². The van der Waals surface area contributed by atoms with Crippen LogP contribution in [0.3, 0.4) is 0 Å². The molecule has 254 valence electrons. The van der Waals surface area contributed by atoms with Crippen molar-refractivity contribution in [3.8, 4) is 5.75 Å². The molecule has 5 atom stereocenters. The number of hydrogen-bond acceptors (Lipinski definition) is 6. The van der Waals surface area contributed by atoms with Crippen LogP contribution in [0.15, 0.2) is 49.6 Å². The number of amides is 3. The molecule has 8 nitrogen and oxygen atoms in total. The lowest BCUT2D eigenvalue weighted by atomic mass is 9.70. The summed E-state index contributed by atoms with van der Waals surface area (Å²) in [5.74, 6) is -0.622. The van der Waals surface area contributed by atoms with Crippen molar-refractivity contribution in [2.24, 2.45) is 17.3 Å². The van der Waals surface area contributed by atoms with Crippen molar-refractivity contribution in [2.75, 3.05) is 37.7 Å². The average Bonchev–Trinajstić information content (AvgIpc) is 3.63. The quantitative estimate of drug-likeness (QED) is 0.172. The summed E-state index contributed by atoms with van der Waals surface area (Å²) < 4.78 is 4.94. The SMILES string of the molecule is C=CCN(C(=O)[C@@H]1[C@@H]2CCC3(S2)C(C(=O)N(CC=C)C(C)(C)CC(C)(C)C)N(CCCCCO)C(=O)[C@H]13)c1ccc(OCC)cc1. The highest BCUT2D eigenvalue weighted by atomic mass is 32.2. The summed E-state index contributed by atoms with van der Waals surface area (Å²) in [6.45, 7) is 22.3. The van der Waals surface area contributed by atoms with Crippen molar-refractivity contribution in [3.05, 3.63) is 49.6 Å². The van der Waals surface area contributed by atoms with Gasteiger partial charge in [-0.15, -0.1) is 24.9 Å². The number of rotatable bonds is 16. The van der Waals surface area contributed by atoms with E-state index >= 15 is 0 Å². The Kier molecular flexibility index (Phi) is 11.4. The lowest BCUT2D eigenvalue weighted by Crippen LogP contribution is -2.60. The summed E-state index contributed by atoms with van der Waals surface area (Å²) in [6, 6.07) is 6.81. The number of likely N-dealkylation sites (tertiary alicyclic amines) is 1. The van der Waals surface area contributed by atoms with Crippen LogP contribution >= 0.6 is 11.8 Å².